The fraction of sp³-hybridized carbons (Fsp3) is 0.300. The van der Waals surface area contributed by atoms with Gasteiger partial charge in [0.15, 0.2) is 0 Å². The molecule has 1 atom stereocenters. The number of urea groups is 1. The van der Waals surface area contributed by atoms with E-state index in [9.17, 15) is 9.59 Å². The van der Waals surface area contributed by atoms with Crippen LogP contribution in [-0.2, 0) is 17.7 Å². The Hall–Kier alpha value is -3.22. The summed E-state index contributed by atoms with van der Waals surface area (Å²) in [5.74, 6) is 0.887. The molecular weight excluding hydrogens is 346 g/mol. The van der Waals surface area contributed by atoms with Crippen LogP contribution in [0.3, 0.4) is 0 Å². The van der Waals surface area contributed by atoms with Crippen LogP contribution in [0.4, 0.5) is 15.3 Å². The van der Waals surface area contributed by atoms with Gasteiger partial charge in [-0.1, -0.05) is 30.3 Å². The van der Waals surface area contributed by atoms with Crippen LogP contribution in [0.25, 0.3) is 0 Å². The third kappa shape index (κ3) is 4.13. The topological polar surface area (TPSA) is 79.9 Å². The molecule has 2 aliphatic heterocycles. The van der Waals surface area contributed by atoms with Gasteiger partial charge in [0.05, 0.1) is 13.1 Å². The highest BCUT2D eigenvalue weighted by Gasteiger charge is 2.23. The van der Waals surface area contributed by atoms with Crippen molar-refractivity contribution < 1.29 is 19.1 Å². The summed E-state index contributed by atoms with van der Waals surface area (Å²) in [5.41, 5.74) is 2.77. The van der Waals surface area contributed by atoms with Crippen LogP contribution in [-0.4, -0.2) is 42.8 Å². The second kappa shape index (κ2) is 7.57. The molecule has 2 heterocycles. The van der Waals surface area contributed by atoms with E-state index in [0.29, 0.717) is 31.9 Å². The molecule has 7 heteroatoms. The fourth-order valence-electron chi connectivity index (χ4n) is 3.29. The van der Waals surface area contributed by atoms with Gasteiger partial charge in [-0.15, -0.1) is 0 Å². The van der Waals surface area contributed by atoms with Crippen molar-refractivity contribution in [2.24, 2.45) is 0 Å². The van der Waals surface area contributed by atoms with Crippen LogP contribution >= 0.6 is 0 Å². The number of benzene rings is 2. The predicted molar refractivity (Wildman–Crippen MR) is 99.8 cm³/mol. The summed E-state index contributed by atoms with van der Waals surface area (Å²) in [6.45, 7) is 1.90. The van der Waals surface area contributed by atoms with Crippen molar-refractivity contribution in [3.63, 3.8) is 0 Å². The highest BCUT2D eigenvalue weighted by atomic mass is 16.6. The molecule has 2 N–H and O–H groups in total. The standard InChI is InChI=1S/C20H21N3O4/c24-19(21-12-17-11-15-5-1-2-7-18(15)27-17)22-16-6-3-4-14(10-16)13-23-8-9-26-20(23)25/h1-7,10,17H,8-9,11-13H2,(H2,21,22,24)/t17-/m1/s1. The van der Waals surface area contributed by atoms with Crippen molar-refractivity contribution >= 4 is 17.8 Å². The smallest absolute Gasteiger partial charge is 0.410 e. The van der Waals surface area contributed by atoms with E-state index in [2.05, 4.69) is 10.6 Å². The molecule has 0 bridgehead atoms. The van der Waals surface area contributed by atoms with E-state index in [1.807, 2.05) is 48.5 Å². The summed E-state index contributed by atoms with van der Waals surface area (Å²) in [7, 11) is 0. The van der Waals surface area contributed by atoms with Crippen LogP contribution < -0.4 is 15.4 Å². The Morgan fingerprint density at radius 1 is 1.19 bits per heavy atom. The van der Waals surface area contributed by atoms with Crippen molar-refractivity contribution in [1.82, 2.24) is 10.2 Å². The van der Waals surface area contributed by atoms with Gasteiger partial charge in [0.25, 0.3) is 0 Å². The molecule has 0 aliphatic carbocycles. The number of amides is 3. The molecule has 0 spiro atoms. The number of nitrogens with zero attached hydrogens (tertiary/aromatic N) is 1. The first-order valence-corrected chi connectivity index (χ1v) is 8.97. The zero-order valence-electron chi connectivity index (χ0n) is 14.8. The van der Waals surface area contributed by atoms with E-state index in [0.717, 1.165) is 23.3 Å². The number of fused-ring (bicyclic) bond motifs is 1. The minimum atomic E-state index is -0.302. The van der Waals surface area contributed by atoms with Gasteiger partial charge in [0, 0.05) is 18.7 Å². The maximum atomic E-state index is 12.2. The SMILES string of the molecule is O=C(NC[C@H]1Cc2ccccc2O1)Nc1cccc(CN2CCOC2=O)c1. The summed E-state index contributed by atoms with van der Waals surface area (Å²) in [6, 6.07) is 15.1. The molecule has 1 fully saturated rings. The summed E-state index contributed by atoms with van der Waals surface area (Å²) in [5, 5.41) is 5.67. The first-order valence-electron chi connectivity index (χ1n) is 8.97. The van der Waals surface area contributed by atoms with Gasteiger partial charge in [-0.2, -0.15) is 0 Å². The van der Waals surface area contributed by atoms with Crippen molar-refractivity contribution in [2.75, 3.05) is 25.0 Å². The zero-order chi connectivity index (χ0) is 18.6. The van der Waals surface area contributed by atoms with Crippen molar-refractivity contribution in [2.45, 2.75) is 19.1 Å². The average molecular weight is 367 g/mol. The van der Waals surface area contributed by atoms with E-state index >= 15 is 0 Å². The van der Waals surface area contributed by atoms with Gasteiger partial charge >= 0.3 is 12.1 Å². The molecule has 2 aromatic rings. The number of hydrogen-bond donors (Lipinski definition) is 2. The zero-order valence-corrected chi connectivity index (χ0v) is 14.8. The molecule has 2 aromatic carbocycles. The maximum Gasteiger partial charge on any atom is 0.410 e. The van der Waals surface area contributed by atoms with Gasteiger partial charge in [-0.25, -0.2) is 9.59 Å². The van der Waals surface area contributed by atoms with Gasteiger partial charge in [0.1, 0.15) is 18.5 Å². The van der Waals surface area contributed by atoms with Crippen LogP contribution in [0.15, 0.2) is 48.5 Å². The Labute approximate surface area is 157 Å². The van der Waals surface area contributed by atoms with Crippen molar-refractivity contribution in [3.05, 3.63) is 59.7 Å². The number of hydrogen-bond acceptors (Lipinski definition) is 4. The highest BCUT2D eigenvalue weighted by Crippen LogP contribution is 2.27. The number of carbonyl (C=O) groups excluding carboxylic acids is 2. The molecular formula is C20H21N3O4. The lowest BCUT2D eigenvalue weighted by molar-refractivity contribution is 0.157. The predicted octanol–water partition coefficient (Wildman–Crippen LogP) is 2.76. The first-order chi connectivity index (χ1) is 13.2. The Balaban J connectivity index is 1.27. The lowest BCUT2D eigenvalue weighted by Gasteiger charge is -2.15. The van der Waals surface area contributed by atoms with E-state index in [1.54, 1.807) is 4.90 Å². The average Bonchev–Trinajstić information content (AvgIpc) is 3.26. The second-order valence-electron chi connectivity index (χ2n) is 6.62. The minimum absolute atomic E-state index is 0.0549. The summed E-state index contributed by atoms with van der Waals surface area (Å²) < 4.78 is 10.8. The third-order valence-corrected chi connectivity index (χ3v) is 4.61. The van der Waals surface area contributed by atoms with Crippen LogP contribution in [0, 0.1) is 0 Å². The number of rotatable bonds is 5. The van der Waals surface area contributed by atoms with E-state index in [-0.39, 0.29) is 18.2 Å². The number of para-hydroxylation sites is 1. The maximum absolute atomic E-state index is 12.2. The quantitative estimate of drug-likeness (QED) is 0.852. The van der Waals surface area contributed by atoms with E-state index in [1.165, 1.54) is 0 Å². The minimum Gasteiger partial charge on any atom is -0.488 e. The largest absolute Gasteiger partial charge is 0.488 e. The second-order valence-corrected chi connectivity index (χ2v) is 6.62. The number of anilines is 1. The summed E-state index contributed by atoms with van der Waals surface area (Å²) in [6.07, 6.45) is 0.432. The first kappa shape index (κ1) is 17.2. The lowest BCUT2D eigenvalue weighted by Crippen LogP contribution is -2.37. The molecule has 0 aromatic heterocycles. The van der Waals surface area contributed by atoms with E-state index < -0.39 is 0 Å². The Morgan fingerprint density at radius 2 is 2.07 bits per heavy atom. The molecule has 27 heavy (non-hydrogen) atoms. The summed E-state index contributed by atoms with van der Waals surface area (Å²) >= 11 is 0. The summed E-state index contributed by atoms with van der Waals surface area (Å²) in [4.78, 5) is 25.4. The van der Waals surface area contributed by atoms with Crippen LogP contribution in [0.5, 0.6) is 5.75 Å². The number of nitrogens with one attached hydrogen (secondary N) is 2. The van der Waals surface area contributed by atoms with Gasteiger partial charge in [-0.3, -0.25) is 0 Å². The fourth-order valence-corrected chi connectivity index (χ4v) is 3.29. The normalized spacial score (nSPS) is 17.9. The molecule has 1 saturated heterocycles. The Kier molecular flexibility index (Phi) is 4.82. The molecule has 2 aliphatic rings. The highest BCUT2D eigenvalue weighted by molar-refractivity contribution is 5.89. The number of cyclic esters (lactones) is 1. The van der Waals surface area contributed by atoms with Gasteiger partial charge in [0.2, 0.25) is 0 Å². The Bertz CT molecular complexity index is 830. The van der Waals surface area contributed by atoms with E-state index in [4.69, 9.17) is 9.47 Å². The number of carbonyl (C=O) groups is 2. The molecule has 0 radical (unpaired) electrons. The number of ether oxygens (including phenoxy) is 2. The van der Waals surface area contributed by atoms with Gasteiger partial charge in [-0.05, 0) is 29.3 Å². The lowest BCUT2D eigenvalue weighted by atomic mass is 10.1. The monoisotopic (exact) mass is 367 g/mol. The van der Waals surface area contributed by atoms with Gasteiger partial charge < -0.3 is 25.0 Å². The van der Waals surface area contributed by atoms with Crippen molar-refractivity contribution in [1.29, 1.82) is 0 Å². The molecule has 3 amide bonds. The van der Waals surface area contributed by atoms with Crippen LogP contribution in [0.1, 0.15) is 11.1 Å². The molecule has 0 unspecified atom stereocenters. The third-order valence-electron chi connectivity index (χ3n) is 4.61. The molecule has 0 saturated carbocycles. The molecule has 140 valence electrons. The van der Waals surface area contributed by atoms with Crippen LogP contribution in [0.2, 0.25) is 0 Å². The Morgan fingerprint density at radius 3 is 2.89 bits per heavy atom. The molecule has 4 rings (SSSR count). The van der Waals surface area contributed by atoms with Crippen molar-refractivity contribution in [3.8, 4) is 5.75 Å². The molecule has 7 nitrogen and oxygen atoms in total.